The Morgan fingerprint density at radius 1 is 1.45 bits per heavy atom. The van der Waals surface area contributed by atoms with Crippen molar-refractivity contribution in [1.82, 2.24) is 20.5 Å². The van der Waals surface area contributed by atoms with Crippen molar-refractivity contribution in [3.63, 3.8) is 0 Å². The average Bonchev–Trinajstić information content (AvgIpc) is 3.04. The molecule has 8 nitrogen and oxygen atoms in total. The first kappa shape index (κ1) is 13.8. The Bertz CT molecular complexity index is 643. The molecule has 8 heteroatoms. The second-order valence-electron chi connectivity index (χ2n) is 4.13. The maximum absolute atomic E-state index is 11.5. The Kier molecular flexibility index (Phi) is 3.85. The molecular formula is C12H15N5O3. The zero-order valence-electron chi connectivity index (χ0n) is 11.1. The third-order valence-electron chi connectivity index (χ3n) is 2.76. The molecule has 0 saturated carbocycles. The fourth-order valence-electron chi connectivity index (χ4n) is 1.78. The van der Waals surface area contributed by atoms with Crippen LogP contribution in [0.3, 0.4) is 0 Å². The summed E-state index contributed by atoms with van der Waals surface area (Å²) in [6.07, 6.45) is 1.66. The fraction of sp³-hybridized carbons (Fsp3) is 0.250. The highest BCUT2D eigenvalue weighted by Crippen LogP contribution is 2.15. The van der Waals surface area contributed by atoms with Gasteiger partial charge >= 0.3 is 0 Å². The Morgan fingerprint density at radius 2 is 2.20 bits per heavy atom. The first-order valence-corrected chi connectivity index (χ1v) is 5.91. The van der Waals surface area contributed by atoms with E-state index in [0.29, 0.717) is 29.3 Å². The van der Waals surface area contributed by atoms with Crippen LogP contribution in [0, 0.1) is 6.92 Å². The van der Waals surface area contributed by atoms with Gasteiger partial charge in [-0.25, -0.2) is 5.84 Å². The van der Waals surface area contributed by atoms with Crippen LogP contribution in [0.15, 0.2) is 22.7 Å². The van der Waals surface area contributed by atoms with Crippen LogP contribution in [0.4, 0.5) is 0 Å². The van der Waals surface area contributed by atoms with Gasteiger partial charge in [0.05, 0.1) is 12.1 Å². The number of carbonyl (C=O) groups excluding carboxylic acids is 2. The van der Waals surface area contributed by atoms with Crippen LogP contribution in [0.5, 0.6) is 0 Å². The number of rotatable bonds is 4. The van der Waals surface area contributed by atoms with E-state index in [1.165, 1.54) is 7.05 Å². The predicted molar refractivity (Wildman–Crippen MR) is 69.8 cm³/mol. The summed E-state index contributed by atoms with van der Waals surface area (Å²) in [5.41, 5.74) is 2.74. The highest BCUT2D eigenvalue weighted by Gasteiger charge is 2.15. The number of amides is 2. The van der Waals surface area contributed by atoms with Gasteiger partial charge in [-0.05, 0) is 19.1 Å². The zero-order valence-corrected chi connectivity index (χ0v) is 11.1. The van der Waals surface area contributed by atoms with E-state index in [-0.39, 0.29) is 5.91 Å². The van der Waals surface area contributed by atoms with E-state index in [2.05, 4.69) is 15.8 Å². The van der Waals surface area contributed by atoms with Crippen LogP contribution in [-0.2, 0) is 6.54 Å². The van der Waals surface area contributed by atoms with E-state index in [9.17, 15) is 9.59 Å². The lowest BCUT2D eigenvalue weighted by Crippen LogP contribution is -2.30. The molecule has 4 N–H and O–H groups in total. The number of aromatic nitrogens is 2. The maximum atomic E-state index is 11.5. The van der Waals surface area contributed by atoms with Gasteiger partial charge in [0, 0.05) is 13.2 Å². The van der Waals surface area contributed by atoms with Crippen LogP contribution < -0.4 is 16.6 Å². The van der Waals surface area contributed by atoms with Crippen LogP contribution in [0.25, 0.3) is 0 Å². The van der Waals surface area contributed by atoms with Gasteiger partial charge in [-0.15, -0.1) is 0 Å². The first-order valence-electron chi connectivity index (χ1n) is 5.91. The highest BCUT2D eigenvalue weighted by molar-refractivity contribution is 5.94. The lowest BCUT2D eigenvalue weighted by molar-refractivity contribution is 0.0946. The Balaban J connectivity index is 2.16. The molecule has 0 spiro atoms. The molecule has 0 unspecified atom stereocenters. The van der Waals surface area contributed by atoms with Crippen molar-refractivity contribution in [2.75, 3.05) is 7.05 Å². The Labute approximate surface area is 114 Å². The van der Waals surface area contributed by atoms with Crippen molar-refractivity contribution < 1.29 is 14.0 Å². The molecule has 0 aliphatic rings. The third kappa shape index (κ3) is 2.69. The topological polar surface area (TPSA) is 115 Å². The molecule has 2 rings (SSSR count). The Morgan fingerprint density at radius 3 is 2.85 bits per heavy atom. The van der Waals surface area contributed by atoms with Gasteiger partial charge in [-0.2, -0.15) is 5.10 Å². The average molecular weight is 277 g/mol. The summed E-state index contributed by atoms with van der Waals surface area (Å²) in [5, 5.41) is 6.59. The Hall–Kier alpha value is -2.61. The number of aryl methyl sites for hydroxylation is 1. The van der Waals surface area contributed by atoms with Crippen molar-refractivity contribution in [3.8, 4) is 0 Å². The van der Waals surface area contributed by atoms with Gasteiger partial charge < -0.3 is 9.73 Å². The van der Waals surface area contributed by atoms with Crippen LogP contribution in [0.1, 0.15) is 32.4 Å². The molecule has 0 bridgehead atoms. The first-order chi connectivity index (χ1) is 9.55. The number of hydrogen-bond donors (Lipinski definition) is 3. The van der Waals surface area contributed by atoms with E-state index in [0.717, 1.165) is 0 Å². The minimum absolute atomic E-state index is 0.262. The summed E-state index contributed by atoms with van der Waals surface area (Å²) in [7, 11) is 1.54. The van der Waals surface area contributed by atoms with Crippen molar-refractivity contribution in [2.45, 2.75) is 13.5 Å². The van der Waals surface area contributed by atoms with Gasteiger partial charge in [0.25, 0.3) is 11.8 Å². The summed E-state index contributed by atoms with van der Waals surface area (Å²) < 4.78 is 7.01. The van der Waals surface area contributed by atoms with E-state index in [4.69, 9.17) is 10.3 Å². The lowest BCUT2D eigenvalue weighted by Gasteiger charge is -1.97. The number of hydrogen-bond acceptors (Lipinski definition) is 5. The van der Waals surface area contributed by atoms with Crippen molar-refractivity contribution in [2.24, 2.45) is 5.84 Å². The molecule has 20 heavy (non-hydrogen) atoms. The van der Waals surface area contributed by atoms with E-state index < -0.39 is 5.91 Å². The summed E-state index contributed by atoms with van der Waals surface area (Å²) in [5.74, 6) is 5.43. The second kappa shape index (κ2) is 5.57. The fourth-order valence-corrected chi connectivity index (χ4v) is 1.78. The number of hydrazine groups is 1. The normalized spacial score (nSPS) is 10.3. The number of nitrogen functional groups attached to an aromatic ring is 1. The van der Waals surface area contributed by atoms with Gasteiger partial charge in [0.2, 0.25) is 0 Å². The molecule has 0 aliphatic carbocycles. The van der Waals surface area contributed by atoms with Crippen LogP contribution in [-0.4, -0.2) is 28.6 Å². The number of nitrogens with one attached hydrogen (secondary N) is 2. The van der Waals surface area contributed by atoms with Gasteiger partial charge in [-0.3, -0.25) is 19.7 Å². The summed E-state index contributed by atoms with van der Waals surface area (Å²) in [4.78, 5) is 22.8. The molecule has 0 atom stereocenters. The standard InChI is InChI=1S/C12H15N5O3/c1-7-9(11(18)15-13)5-8(20-7)6-17-4-3-10(16-17)12(19)14-2/h3-5H,6,13H2,1-2H3,(H,14,19)(H,15,18). The minimum Gasteiger partial charge on any atom is -0.464 e. The number of nitrogens with zero attached hydrogens (tertiary/aromatic N) is 2. The zero-order chi connectivity index (χ0) is 14.7. The SMILES string of the molecule is CNC(=O)c1ccn(Cc2cc(C(=O)NN)c(C)o2)n1. The van der Waals surface area contributed by atoms with Gasteiger partial charge in [0.15, 0.2) is 0 Å². The number of carbonyl (C=O) groups is 2. The quantitative estimate of drug-likeness (QED) is 0.406. The van der Waals surface area contributed by atoms with Crippen LogP contribution >= 0.6 is 0 Å². The molecule has 2 heterocycles. The summed E-state index contributed by atoms with van der Waals surface area (Å²) in [6, 6.07) is 3.20. The van der Waals surface area contributed by atoms with Crippen molar-refractivity contribution in [3.05, 3.63) is 41.1 Å². The molecule has 2 amide bonds. The summed E-state index contributed by atoms with van der Waals surface area (Å²) >= 11 is 0. The number of furan rings is 1. The maximum Gasteiger partial charge on any atom is 0.271 e. The lowest BCUT2D eigenvalue weighted by atomic mass is 10.2. The van der Waals surface area contributed by atoms with E-state index >= 15 is 0 Å². The molecule has 2 aromatic rings. The second-order valence-corrected chi connectivity index (χ2v) is 4.13. The minimum atomic E-state index is -0.413. The molecule has 0 fully saturated rings. The summed E-state index contributed by atoms with van der Waals surface area (Å²) in [6.45, 7) is 1.99. The molecule has 106 valence electrons. The molecule has 2 aromatic heterocycles. The molecule has 0 radical (unpaired) electrons. The number of nitrogens with two attached hydrogens (primary N) is 1. The van der Waals surface area contributed by atoms with E-state index in [1.807, 2.05) is 0 Å². The predicted octanol–water partition coefficient (Wildman–Crippen LogP) is -0.204. The molecule has 0 saturated heterocycles. The molecular weight excluding hydrogens is 262 g/mol. The van der Waals surface area contributed by atoms with E-state index in [1.54, 1.807) is 29.9 Å². The van der Waals surface area contributed by atoms with Gasteiger partial charge in [0.1, 0.15) is 17.2 Å². The molecule has 0 aromatic carbocycles. The largest absolute Gasteiger partial charge is 0.464 e. The smallest absolute Gasteiger partial charge is 0.271 e. The highest BCUT2D eigenvalue weighted by atomic mass is 16.3. The van der Waals surface area contributed by atoms with Crippen molar-refractivity contribution in [1.29, 1.82) is 0 Å². The van der Waals surface area contributed by atoms with Crippen LogP contribution in [0.2, 0.25) is 0 Å². The monoisotopic (exact) mass is 277 g/mol. The van der Waals surface area contributed by atoms with Gasteiger partial charge in [-0.1, -0.05) is 0 Å². The molecule has 0 aliphatic heterocycles. The van der Waals surface area contributed by atoms with Crippen molar-refractivity contribution >= 4 is 11.8 Å². The third-order valence-corrected chi connectivity index (χ3v) is 2.76.